The molecule has 0 saturated heterocycles. The molecule has 8 nitrogen and oxygen atoms in total. The zero-order valence-electron chi connectivity index (χ0n) is 16.1. The third-order valence-corrected chi connectivity index (χ3v) is 4.34. The van der Waals surface area contributed by atoms with Crippen LogP contribution in [0.2, 0.25) is 0 Å². The summed E-state index contributed by atoms with van der Waals surface area (Å²) in [6.07, 6.45) is 3.85. The van der Waals surface area contributed by atoms with E-state index in [2.05, 4.69) is 34.8 Å². The predicted octanol–water partition coefficient (Wildman–Crippen LogP) is 3.48. The molecule has 0 amide bonds. The summed E-state index contributed by atoms with van der Waals surface area (Å²) in [7, 11) is 0. The SMILES string of the molecule is CCc1nn(-c2ccc3c(c2)c(C#N)cn3C(C)C)cc1C(=O)OOC(C)=O. The minimum absolute atomic E-state index is 0.212. The van der Waals surface area contributed by atoms with Gasteiger partial charge >= 0.3 is 11.9 Å². The monoisotopic (exact) mass is 380 g/mol. The average molecular weight is 380 g/mol. The van der Waals surface area contributed by atoms with Gasteiger partial charge in [0.2, 0.25) is 0 Å². The van der Waals surface area contributed by atoms with Gasteiger partial charge in [0, 0.05) is 36.3 Å². The molecule has 0 spiro atoms. The van der Waals surface area contributed by atoms with E-state index < -0.39 is 11.9 Å². The summed E-state index contributed by atoms with van der Waals surface area (Å²) in [6, 6.07) is 8.10. The van der Waals surface area contributed by atoms with Gasteiger partial charge in [0.25, 0.3) is 0 Å². The molecule has 3 aromatic rings. The Labute approximate surface area is 161 Å². The lowest BCUT2D eigenvalue weighted by Gasteiger charge is -2.09. The second-order valence-corrected chi connectivity index (χ2v) is 6.59. The Bertz CT molecular complexity index is 1100. The van der Waals surface area contributed by atoms with Gasteiger partial charge in [-0.1, -0.05) is 6.92 Å². The summed E-state index contributed by atoms with van der Waals surface area (Å²) in [5.74, 6) is -1.51. The maximum atomic E-state index is 12.2. The Morgan fingerprint density at radius 2 is 2.00 bits per heavy atom. The standard InChI is InChI=1S/C20H20N4O4/c1-5-18-17(20(26)28-27-13(4)25)11-24(22-18)15-6-7-19-16(8-15)14(9-21)10-23(19)12(2)3/h6-8,10-12H,5H2,1-4H3. The van der Waals surface area contributed by atoms with Gasteiger partial charge in [0.1, 0.15) is 11.6 Å². The van der Waals surface area contributed by atoms with Crippen molar-refractivity contribution < 1.29 is 19.4 Å². The van der Waals surface area contributed by atoms with Gasteiger partial charge in [-0.25, -0.2) is 24.0 Å². The molecule has 0 aliphatic rings. The lowest BCUT2D eigenvalue weighted by atomic mass is 10.1. The van der Waals surface area contributed by atoms with Crippen molar-refractivity contribution in [2.24, 2.45) is 0 Å². The molecule has 0 fully saturated rings. The quantitative estimate of drug-likeness (QED) is 0.507. The van der Waals surface area contributed by atoms with E-state index in [0.29, 0.717) is 23.4 Å². The number of rotatable bonds is 4. The lowest BCUT2D eigenvalue weighted by Crippen LogP contribution is -2.10. The van der Waals surface area contributed by atoms with Crippen molar-refractivity contribution in [3.8, 4) is 11.8 Å². The van der Waals surface area contributed by atoms with Crippen LogP contribution in [0.15, 0.2) is 30.6 Å². The summed E-state index contributed by atoms with van der Waals surface area (Å²) < 4.78 is 3.59. The van der Waals surface area contributed by atoms with E-state index in [1.54, 1.807) is 4.68 Å². The van der Waals surface area contributed by atoms with E-state index in [4.69, 9.17) is 0 Å². The van der Waals surface area contributed by atoms with Crippen molar-refractivity contribution in [3.05, 3.63) is 47.4 Å². The Balaban J connectivity index is 2.04. The van der Waals surface area contributed by atoms with Gasteiger partial charge < -0.3 is 4.57 Å². The highest BCUT2D eigenvalue weighted by molar-refractivity contribution is 5.91. The molecule has 0 N–H and O–H groups in total. The van der Waals surface area contributed by atoms with Gasteiger partial charge in [0.05, 0.1) is 16.9 Å². The van der Waals surface area contributed by atoms with E-state index in [9.17, 15) is 14.9 Å². The highest BCUT2D eigenvalue weighted by Crippen LogP contribution is 2.27. The fourth-order valence-electron chi connectivity index (χ4n) is 3.02. The number of hydrogen-bond acceptors (Lipinski definition) is 6. The van der Waals surface area contributed by atoms with Crippen molar-refractivity contribution in [2.75, 3.05) is 0 Å². The molecule has 144 valence electrons. The topological polar surface area (TPSA) is 99.1 Å². The van der Waals surface area contributed by atoms with E-state index in [1.807, 2.05) is 35.9 Å². The molecule has 0 aliphatic heterocycles. The molecular formula is C20H20N4O4. The molecule has 28 heavy (non-hydrogen) atoms. The third-order valence-electron chi connectivity index (χ3n) is 4.34. The second-order valence-electron chi connectivity index (χ2n) is 6.59. The van der Waals surface area contributed by atoms with Crippen LogP contribution in [0.5, 0.6) is 0 Å². The van der Waals surface area contributed by atoms with Gasteiger partial charge in [-0.05, 0) is 38.5 Å². The molecular weight excluding hydrogens is 360 g/mol. The second kappa shape index (κ2) is 7.56. The van der Waals surface area contributed by atoms with Crippen LogP contribution in [0, 0.1) is 11.3 Å². The highest BCUT2D eigenvalue weighted by atomic mass is 17.2. The first-order chi connectivity index (χ1) is 13.3. The minimum atomic E-state index is -0.789. The molecule has 0 radical (unpaired) electrons. The number of carbonyl (C=O) groups is 2. The third kappa shape index (κ3) is 3.47. The van der Waals surface area contributed by atoms with Gasteiger partial charge in [0.15, 0.2) is 0 Å². The Hall–Kier alpha value is -3.60. The van der Waals surface area contributed by atoms with Crippen LogP contribution in [0.4, 0.5) is 0 Å². The van der Waals surface area contributed by atoms with E-state index in [1.165, 1.54) is 6.20 Å². The molecule has 1 aromatic carbocycles. The number of aryl methyl sites for hydroxylation is 1. The first-order valence-corrected chi connectivity index (χ1v) is 8.88. The van der Waals surface area contributed by atoms with Crippen LogP contribution >= 0.6 is 0 Å². The van der Waals surface area contributed by atoms with Gasteiger partial charge in [-0.15, -0.1) is 0 Å². The minimum Gasteiger partial charge on any atom is -0.344 e. The van der Waals surface area contributed by atoms with Crippen LogP contribution in [-0.4, -0.2) is 26.3 Å². The molecule has 3 rings (SSSR count). The largest absolute Gasteiger partial charge is 0.389 e. The molecule has 0 bridgehead atoms. The van der Waals surface area contributed by atoms with E-state index in [0.717, 1.165) is 17.8 Å². The van der Waals surface area contributed by atoms with Crippen molar-refractivity contribution in [1.29, 1.82) is 5.26 Å². The van der Waals surface area contributed by atoms with Crippen LogP contribution in [-0.2, 0) is 21.0 Å². The predicted molar refractivity (Wildman–Crippen MR) is 101 cm³/mol. The first kappa shape index (κ1) is 19.2. The summed E-state index contributed by atoms with van der Waals surface area (Å²) in [5, 5.41) is 14.7. The van der Waals surface area contributed by atoms with Crippen LogP contribution in [0.25, 0.3) is 16.6 Å². The summed E-state index contributed by atoms with van der Waals surface area (Å²) >= 11 is 0. The Morgan fingerprint density at radius 3 is 2.61 bits per heavy atom. The molecule has 8 heteroatoms. The molecule has 0 unspecified atom stereocenters. The van der Waals surface area contributed by atoms with Gasteiger partial charge in [-0.2, -0.15) is 10.4 Å². The lowest BCUT2D eigenvalue weighted by molar-refractivity contribution is -0.231. The zero-order chi connectivity index (χ0) is 20.4. The molecule has 0 atom stereocenters. The number of nitrogens with zero attached hydrogens (tertiary/aromatic N) is 4. The number of nitriles is 1. The smallest absolute Gasteiger partial charge is 0.344 e. The van der Waals surface area contributed by atoms with Crippen molar-refractivity contribution >= 4 is 22.8 Å². The van der Waals surface area contributed by atoms with Crippen molar-refractivity contribution in [2.45, 2.75) is 40.2 Å². The van der Waals surface area contributed by atoms with Crippen LogP contribution in [0.1, 0.15) is 55.4 Å². The molecule has 0 aliphatic carbocycles. The normalized spacial score (nSPS) is 10.9. The van der Waals surface area contributed by atoms with Crippen LogP contribution in [0.3, 0.4) is 0 Å². The number of carbonyl (C=O) groups excluding carboxylic acids is 2. The number of aromatic nitrogens is 3. The van der Waals surface area contributed by atoms with Crippen LogP contribution < -0.4 is 0 Å². The average Bonchev–Trinajstić information content (AvgIpc) is 3.27. The van der Waals surface area contributed by atoms with E-state index >= 15 is 0 Å². The maximum Gasteiger partial charge on any atom is 0.389 e. The zero-order valence-corrected chi connectivity index (χ0v) is 16.1. The Morgan fingerprint density at radius 1 is 1.25 bits per heavy atom. The number of hydrogen-bond donors (Lipinski definition) is 0. The van der Waals surface area contributed by atoms with Crippen molar-refractivity contribution in [3.63, 3.8) is 0 Å². The summed E-state index contributed by atoms with van der Waals surface area (Å²) in [4.78, 5) is 31.9. The number of benzene rings is 1. The molecule has 0 saturated carbocycles. The Kier molecular flexibility index (Phi) is 5.18. The molecule has 2 aromatic heterocycles. The maximum absolute atomic E-state index is 12.2. The first-order valence-electron chi connectivity index (χ1n) is 8.88. The van der Waals surface area contributed by atoms with Crippen molar-refractivity contribution in [1.82, 2.24) is 14.3 Å². The summed E-state index contributed by atoms with van der Waals surface area (Å²) in [5.41, 5.74) is 2.95. The van der Waals surface area contributed by atoms with E-state index in [-0.39, 0.29) is 11.6 Å². The molecule has 2 heterocycles. The highest BCUT2D eigenvalue weighted by Gasteiger charge is 2.20. The van der Waals surface area contributed by atoms with Gasteiger partial charge in [-0.3, -0.25) is 0 Å². The fourth-order valence-corrected chi connectivity index (χ4v) is 3.02. The summed E-state index contributed by atoms with van der Waals surface area (Å²) in [6.45, 7) is 7.10. The fraction of sp³-hybridized carbons (Fsp3) is 0.300. The number of fused-ring (bicyclic) bond motifs is 1.